The van der Waals surface area contributed by atoms with Crippen LogP contribution in [0.2, 0.25) is 0 Å². The molecule has 0 saturated carbocycles. The van der Waals surface area contributed by atoms with Gasteiger partial charge in [-0.3, -0.25) is 4.79 Å². The lowest BCUT2D eigenvalue weighted by atomic mass is 9.91. The quantitative estimate of drug-likeness (QED) is 0.143. The van der Waals surface area contributed by atoms with Crippen molar-refractivity contribution in [3.05, 3.63) is 125 Å². The van der Waals surface area contributed by atoms with E-state index in [9.17, 15) is 14.7 Å². The lowest BCUT2D eigenvalue weighted by molar-refractivity contribution is -0.268. The van der Waals surface area contributed by atoms with Gasteiger partial charge in [-0.05, 0) is 53.1 Å². The first-order valence-electron chi connectivity index (χ1n) is 14.6. The van der Waals surface area contributed by atoms with Crippen molar-refractivity contribution in [1.82, 2.24) is 5.32 Å². The van der Waals surface area contributed by atoms with Crippen molar-refractivity contribution in [2.24, 2.45) is 5.92 Å². The summed E-state index contributed by atoms with van der Waals surface area (Å²) in [7, 11) is 0. The number of urea groups is 1. The van der Waals surface area contributed by atoms with E-state index in [1.54, 1.807) is 11.8 Å². The van der Waals surface area contributed by atoms with Gasteiger partial charge in [0.05, 0.1) is 18.8 Å². The number of aliphatic hydroxyl groups excluding tert-OH is 1. The lowest BCUT2D eigenvalue weighted by Crippen LogP contribution is -2.38. The second kappa shape index (κ2) is 15.0. The van der Waals surface area contributed by atoms with Crippen LogP contribution in [0.1, 0.15) is 48.5 Å². The van der Waals surface area contributed by atoms with Gasteiger partial charge >= 0.3 is 6.03 Å². The van der Waals surface area contributed by atoms with E-state index in [1.165, 1.54) is 6.92 Å². The van der Waals surface area contributed by atoms with Crippen LogP contribution in [-0.2, 0) is 27.4 Å². The van der Waals surface area contributed by atoms with Gasteiger partial charge in [0.25, 0.3) is 0 Å². The summed E-state index contributed by atoms with van der Waals surface area (Å²) in [5.41, 5.74) is 5.04. The number of carbonyl (C=O) groups excluding carboxylic acids is 2. The van der Waals surface area contributed by atoms with Crippen molar-refractivity contribution in [3.8, 4) is 0 Å². The molecule has 1 saturated heterocycles. The van der Waals surface area contributed by atoms with Crippen molar-refractivity contribution in [2.75, 3.05) is 16.4 Å². The Bertz CT molecular complexity index is 1530. The Kier molecular flexibility index (Phi) is 10.7. The number of thioether (sulfide) groups is 1. The first-order chi connectivity index (χ1) is 21.4. The number of ether oxygens (including phenoxy) is 2. The van der Waals surface area contributed by atoms with E-state index in [4.69, 9.17) is 9.47 Å². The first kappa shape index (κ1) is 31.3. The van der Waals surface area contributed by atoms with Crippen LogP contribution in [0.15, 0.2) is 108 Å². The fraction of sp³-hybridized carbons (Fsp3) is 0.257. The highest BCUT2D eigenvalue weighted by Crippen LogP contribution is 2.43. The molecular weight excluding hydrogens is 574 g/mol. The molecule has 0 unspecified atom stereocenters. The molecule has 0 spiro atoms. The van der Waals surface area contributed by atoms with Gasteiger partial charge in [-0.2, -0.15) is 0 Å². The van der Waals surface area contributed by atoms with E-state index in [2.05, 4.69) is 22.9 Å². The molecule has 1 aliphatic rings. The number of hydrogen-bond donors (Lipinski definition) is 4. The van der Waals surface area contributed by atoms with Crippen LogP contribution < -0.4 is 16.0 Å². The maximum Gasteiger partial charge on any atom is 0.319 e. The number of anilines is 2. The standard InChI is InChI=1S/C35H37N3O5S/c1-23-32(22-44-31-17-15-29(16-18-31)37-24(2)40)42-34(43-33(23)27-13-11-26(21-39)12-14-27)28-9-6-10-30(19-28)38-35(41)36-20-25-7-4-3-5-8-25/h3-19,23,32-34,39H,20-22H2,1-2H3,(H,37,40)(H2,36,38,41)/t23-,32+,33+,34+/m0/s1. The smallest absolute Gasteiger partial charge is 0.319 e. The van der Waals surface area contributed by atoms with Gasteiger partial charge in [0.15, 0.2) is 6.29 Å². The van der Waals surface area contributed by atoms with E-state index in [0.717, 1.165) is 32.8 Å². The van der Waals surface area contributed by atoms with Crippen LogP contribution in [0, 0.1) is 5.92 Å². The summed E-state index contributed by atoms with van der Waals surface area (Å²) < 4.78 is 13.2. The number of amides is 3. The Morgan fingerprint density at radius 3 is 2.25 bits per heavy atom. The van der Waals surface area contributed by atoms with E-state index in [1.807, 2.05) is 103 Å². The minimum atomic E-state index is -0.657. The van der Waals surface area contributed by atoms with Gasteiger partial charge in [-0.25, -0.2) is 4.79 Å². The maximum absolute atomic E-state index is 12.6. The fourth-order valence-electron chi connectivity index (χ4n) is 5.04. The molecule has 0 radical (unpaired) electrons. The monoisotopic (exact) mass is 611 g/mol. The zero-order chi connectivity index (χ0) is 30.9. The Hall–Kier alpha value is -4.15. The van der Waals surface area contributed by atoms with E-state index in [0.29, 0.717) is 18.0 Å². The fourth-order valence-corrected chi connectivity index (χ4v) is 6.11. The minimum absolute atomic E-state index is 0.0220. The molecule has 1 heterocycles. The molecule has 44 heavy (non-hydrogen) atoms. The van der Waals surface area contributed by atoms with Gasteiger partial charge in [0.1, 0.15) is 0 Å². The zero-order valence-electron chi connectivity index (χ0n) is 24.7. The Labute approximate surface area is 262 Å². The lowest BCUT2D eigenvalue weighted by Gasteiger charge is -2.41. The SMILES string of the molecule is CC(=O)Nc1ccc(SC[C@H]2O[C@@H](c3cccc(NC(=O)NCc4ccccc4)c3)O[C@@H](c3ccc(CO)cc3)[C@H]2C)cc1. The second-order valence-electron chi connectivity index (χ2n) is 10.8. The molecule has 0 bridgehead atoms. The van der Waals surface area contributed by atoms with Crippen molar-refractivity contribution in [3.63, 3.8) is 0 Å². The minimum Gasteiger partial charge on any atom is -0.392 e. The molecule has 9 heteroatoms. The summed E-state index contributed by atoms with van der Waals surface area (Å²) in [4.78, 5) is 25.1. The summed E-state index contributed by atoms with van der Waals surface area (Å²) in [5.74, 6) is 0.611. The Morgan fingerprint density at radius 2 is 1.55 bits per heavy atom. The molecule has 1 fully saturated rings. The molecule has 4 atom stereocenters. The van der Waals surface area contributed by atoms with Crippen molar-refractivity contribution < 1.29 is 24.2 Å². The summed E-state index contributed by atoms with van der Waals surface area (Å²) in [6, 6.07) is 32.5. The Balaban J connectivity index is 1.30. The van der Waals surface area contributed by atoms with Crippen LogP contribution in [0.5, 0.6) is 0 Å². The van der Waals surface area contributed by atoms with Gasteiger partial charge in [0, 0.05) is 47.0 Å². The molecule has 1 aliphatic heterocycles. The topological polar surface area (TPSA) is 109 Å². The van der Waals surface area contributed by atoms with Crippen LogP contribution in [-0.4, -0.2) is 28.9 Å². The number of hydrogen-bond acceptors (Lipinski definition) is 6. The first-order valence-corrected chi connectivity index (χ1v) is 15.6. The van der Waals surface area contributed by atoms with Crippen molar-refractivity contribution in [2.45, 2.75) is 50.4 Å². The molecule has 4 N–H and O–H groups in total. The van der Waals surface area contributed by atoms with E-state index in [-0.39, 0.29) is 36.7 Å². The van der Waals surface area contributed by atoms with Crippen molar-refractivity contribution in [1.29, 1.82) is 0 Å². The van der Waals surface area contributed by atoms with Gasteiger partial charge < -0.3 is 30.5 Å². The maximum atomic E-state index is 12.6. The van der Waals surface area contributed by atoms with E-state index < -0.39 is 6.29 Å². The third-order valence-electron chi connectivity index (χ3n) is 7.42. The number of benzene rings is 4. The summed E-state index contributed by atoms with van der Waals surface area (Å²) in [6.45, 7) is 4.02. The number of aliphatic hydroxyl groups is 1. The third kappa shape index (κ3) is 8.48. The van der Waals surface area contributed by atoms with Crippen LogP contribution in [0.3, 0.4) is 0 Å². The highest BCUT2D eigenvalue weighted by atomic mass is 32.2. The molecule has 8 nitrogen and oxygen atoms in total. The Morgan fingerprint density at radius 1 is 0.795 bits per heavy atom. The largest absolute Gasteiger partial charge is 0.392 e. The molecule has 228 valence electrons. The molecule has 5 rings (SSSR count). The average molecular weight is 612 g/mol. The molecular formula is C35H37N3O5S. The molecule has 3 amide bonds. The normalized spacial score (nSPS) is 19.6. The van der Waals surface area contributed by atoms with Gasteiger partial charge in [-0.1, -0.05) is 73.7 Å². The second-order valence-corrected chi connectivity index (χ2v) is 11.9. The molecule has 0 aromatic heterocycles. The predicted molar refractivity (Wildman–Crippen MR) is 173 cm³/mol. The summed E-state index contributed by atoms with van der Waals surface area (Å²) >= 11 is 1.68. The highest BCUT2D eigenvalue weighted by molar-refractivity contribution is 7.99. The predicted octanol–water partition coefficient (Wildman–Crippen LogP) is 7.04. The van der Waals surface area contributed by atoms with E-state index >= 15 is 0 Å². The number of nitrogens with one attached hydrogen (secondary N) is 3. The highest BCUT2D eigenvalue weighted by Gasteiger charge is 2.38. The number of carbonyl (C=O) groups is 2. The average Bonchev–Trinajstić information content (AvgIpc) is 3.04. The van der Waals surface area contributed by atoms with Crippen LogP contribution >= 0.6 is 11.8 Å². The van der Waals surface area contributed by atoms with Crippen LogP contribution in [0.25, 0.3) is 0 Å². The third-order valence-corrected chi connectivity index (χ3v) is 8.53. The number of rotatable bonds is 10. The summed E-state index contributed by atoms with van der Waals surface area (Å²) in [6.07, 6.45) is -1.06. The molecule has 0 aliphatic carbocycles. The van der Waals surface area contributed by atoms with Crippen LogP contribution in [0.4, 0.5) is 16.2 Å². The zero-order valence-corrected chi connectivity index (χ0v) is 25.6. The molecule has 4 aromatic carbocycles. The summed E-state index contributed by atoms with van der Waals surface area (Å²) in [5, 5.41) is 18.1. The van der Waals surface area contributed by atoms with Gasteiger partial charge in [-0.15, -0.1) is 11.8 Å². The van der Waals surface area contributed by atoms with Gasteiger partial charge in [0.2, 0.25) is 5.91 Å². The van der Waals surface area contributed by atoms with Crippen molar-refractivity contribution >= 4 is 35.1 Å². The molecule has 4 aromatic rings.